The molecule has 27 heavy (non-hydrogen) atoms. The summed E-state index contributed by atoms with van der Waals surface area (Å²) in [5, 5.41) is 0. The van der Waals surface area contributed by atoms with Gasteiger partial charge >= 0.3 is 0 Å². The average Bonchev–Trinajstić information content (AvgIpc) is 2.72. The van der Waals surface area contributed by atoms with Crippen LogP contribution in [0, 0.1) is 6.92 Å². The average molecular weight is 360 g/mol. The highest BCUT2D eigenvalue weighted by Gasteiger charge is 2.09. The highest BCUT2D eigenvalue weighted by molar-refractivity contribution is 5.83. The molecule has 0 radical (unpaired) electrons. The van der Waals surface area contributed by atoms with Gasteiger partial charge in [0.25, 0.3) is 0 Å². The van der Waals surface area contributed by atoms with Crippen molar-refractivity contribution in [1.82, 2.24) is 0 Å². The Morgan fingerprint density at radius 2 is 1.67 bits per heavy atom. The van der Waals surface area contributed by atoms with Gasteiger partial charge in [-0.25, -0.2) is 4.39 Å². The molecule has 0 aliphatic heterocycles. The second-order valence-corrected chi connectivity index (χ2v) is 6.27. The van der Waals surface area contributed by atoms with Gasteiger partial charge in [-0.3, -0.25) is 4.79 Å². The summed E-state index contributed by atoms with van der Waals surface area (Å²) in [5.41, 5.74) is 5.77. The minimum absolute atomic E-state index is 0.516. The first-order chi connectivity index (χ1) is 13.2. The molecule has 3 aromatic carbocycles. The summed E-state index contributed by atoms with van der Waals surface area (Å²) in [4.78, 5) is 11.1. The van der Waals surface area contributed by atoms with E-state index in [4.69, 9.17) is 4.74 Å². The zero-order valence-electron chi connectivity index (χ0n) is 15.4. The number of hydrogen-bond donors (Lipinski definition) is 0. The van der Waals surface area contributed by atoms with Crippen LogP contribution in [0.5, 0.6) is 5.75 Å². The summed E-state index contributed by atoms with van der Waals surface area (Å²) in [7, 11) is 1.54. The number of halogens is 1. The SMILES string of the molecule is COc1cc(/C=C/c2cccc(-c3ccccc3)c2CF)c(C)cc1C=O. The third-order valence-corrected chi connectivity index (χ3v) is 4.62. The molecule has 3 aromatic rings. The van der Waals surface area contributed by atoms with Gasteiger partial charge in [0.15, 0.2) is 6.29 Å². The van der Waals surface area contributed by atoms with E-state index in [1.807, 2.05) is 73.7 Å². The van der Waals surface area contributed by atoms with Crippen molar-refractivity contribution in [2.45, 2.75) is 13.6 Å². The lowest BCUT2D eigenvalue weighted by Gasteiger charge is -2.11. The molecule has 136 valence electrons. The van der Waals surface area contributed by atoms with E-state index >= 15 is 0 Å². The first kappa shape index (κ1) is 18.6. The Hall–Kier alpha value is -3.20. The number of rotatable bonds is 6. The predicted octanol–water partition coefficient (Wildman–Crippen LogP) is 6.12. The fourth-order valence-electron chi connectivity index (χ4n) is 3.15. The van der Waals surface area contributed by atoms with Gasteiger partial charge in [-0.1, -0.05) is 60.7 Å². The van der Waals surface area contributed by atoms with Crippen LogP contribution >= 0.6 is 0 Å². The Morgan fingerprint density at radius 3 is 2.33 bits per heavy atom. The summed E-state index contributed by atoms with van der Waals surface area (Å²) in [6.07, 6.45) is 4.61. The summed E-state index contributed by atoms with van der Waals surface area (Å²) >= 11 is 0. The first-order valence-corrected chi connectivity index (χ1v) is 8.73. The van der Waals surface area contributed by atoms with E-state index in [2.05, 4.69) is 0 Å². The molecule has 0 aliphatic carbocycles. The van der Waals surface area contributed by atoms with Crippen molar-refractivity contribution in [3.05, 3.63) is 88.5 Å². The number of aldehydes is 1. The third-order valence-electron chi connectivity index (χ3n) is 4.62. The molecule has 0 fully saturated rings. The van der Waals surface area contributed by atoms with E-state index in [-0.39, 0.29) is 0 Å². The second-order valence-electron chi connectivity index (χ2n) is 6.27. The molecule has 2 nitrogen and oxygen atoms in total. The van der Waals surface area contributed by atoms with Crippen molar-refractivity contribution in [2.24, 2.45) is 0 Å². The molecule has 0 saturated carbocycles. The maximum atomic E-state index is 13.9. The first-order valence-electron chi connectivity index (χ1n) is 8.73. The van der Waals surface area contributed by atoms with Gasteiger partial charge in [-0.05, 0) is 52.4 Å². The lowest BCUT2D eigenvalue weighted by atomic mass is 9.95. The fourth-order valence-corrected chi connectivity index (χ4v) is 3.15. The van der Waals surface area contributed by atoms with Crippen LogP contribution in [-0.2, 0) is 6.67 Å². The van der Waals surface area contributed by atoms with E-state index in [0.29, 0.717) is 16.9 Å². The maximum absolute atomic E-state index is 13.9. The zero-order chi connectivity index (χ0) is 19.2. The van der Waals surface area contributed by atoms with Gasteiger partial charge in [0.1, 0.15) is 12.4 Å². The Labute approximate surface area is 158 Å². The number of benzene rings is 3. The molecule has 0 aliphatic rings. The van der Waals surface area contributed by atoms with E-state index in [1.54, 1.807) is 6.07 Å². The van der Waals surface area contributed by atoms with Crippen molar-refractivity contribution in [2.75, 3.05) is 7.11 Å². The van der Waals surface area contributed by atoms with Crippen LogP contribution in [0.15, 0.2) is 60.7 Å². The fraction of sp³-hybridized carbons (Fsp3) is 0.125. The van der Waals surface area contributed by atoms with Crippen LogP contribution in [0.3, 0.4) is 0 Å². The molecule has 0 bridgehead atoms. The lowest BCUT2D eigenvalue weighted by molar-refractivity contribution is 0.112. The monoisotopic (exact) mass is 360 g/mol. The molecular formula is C24H21FO2. The molecule has 0 amide bonds. The maximum Gasteiger partial charge on any atom is 0.153 e. The molecule has 0 N–H and O–H groups in total. The Morgan fingerprint density at radius 1 is 0.926 bits per heavy atom. The van der Waals surface area contributed by atoms with E-state index < -0.39 is 6.67 Å². The second kappa shape index (κ2) is 8.45. The van der Waals surface area contributed by atoms with E-state index in [1.165, 1.54) is 7.11 Å². The molecule has 0 saturated heterocycles. The highest BCUT2D eigenvalue weighted by Crippen LogP contribution is 2.29. The van der Waals surface area contributed by atoms with Gasteiger partial charge in [0, 0.05) is 0 Å². The van der Waals surface area contributed by atoms with Gasteiger partial charge < -0.3 is 4.74 Å². The van der Waals surface area contributed by atoms with Gasteiger partial charge in [0.05, 0.1) is 12.7 Å². The van der Waals surface area contributed by atoms with Crippen LogP contribution in [0.1, 0.15) is 32.6 Å². The largest absolute Gasteiger partial charge is 0.496 e. The van der Waals surface area contributed by atoms with Crippen molar-refractivity contribution >= 4 is 18.4 Å². The number of ether oxygens (including phenoxy) is 1. The van der Waals surface area contributed by atoms with Crippen LogP contribution < -0.4 is 4.74 Å². The van der Waals surface area contributed by atoms with Gasteiger partial charge in [0.2, 0.25) is 0 Å². The topological polar surface area (TPSA) is 26.3 Å². The molecule has 0 aromatic heterocycles. The van der Waals surface area contributed by atoms with Crippen LogP contribution in [0.2, 0.25) is 0 Å². The summed E-state index contributed by atoms with van der Waals surface area (Å²) in [6.45, 7) is 1.39. The Kier molecular flexibility index (Phi) is 5.82. The van der Waals surface area contributed by atoms with Crippen LogP contribution in [0.25, 0.3) is 23.3 Å². The zero-order valence-corrected chi connectivity index (χ0v) is 15.4. The smallest absolute Gasteiger partial charge is 0.153 e. The lowest BCUT2D eigenvalue weighted by Crippen LogP contribution is -1.94. The van der Waals surface area contributed by atoms with Crippen molar-refractivity contribution in [1.29, 1.82) is 0 Å². The molecule has 0 heterocycles. The summed E-state index contributed by atoms with van der Waals surface area (Å²) < 4.78 is 19.1. The van der Waals surface area contributed by atoms with Crippen molar-refractivity contribution in [3.63, 3.8) is 0 Å². The minimum Gasteiger partial charge on any atom is -0.496 e. The number of hydrogen-bond acceptors (Lipinski definition) is 2. The number of carbonyl (C=O) groups excluding carboxylic acids is 1. The molecule has 0 atom stereocenters. The predicted molar refractivity (Wildman–Crippen MR) is 109 cm³/mol. The molecule has 3 heteroatoms. The summed E-state index contributed by atoms with van der Waals surface area (Å²) in [6, 6.07) is 19.2. The highest BCUT2D eigenvalue weighted by atomic mass is 19.1. The Balaban J connectivity index is 2.02. The molecule has 3 rings (SSSR count). The third kappa shape index (κ3) is 3.98. The molecular weight excluding hydrogens is 339 g/mol. The van der Waals surface area contributed by atoms with Gasteiger partial charge in [-0.2, -0.15) is 0 Å². The number of alkyl halides is 1. The Bertz CT molecular complexity index is 975. The minimum atomic E-state index is -0.545. The van der Waals surface area contributed by atoms with Crippen LogP contribution in [0.4, 0.5) is 4.39 Å². The quantitative estimate of drug-likeness (QED) is 0.391. The van der Waals surface area contributed by atoms with Gasteiger partial charge in [-0.15, -0.1) is 0 Å². The standard InChI is InChI=1S/C24H21FO2/c1-17-13-21(16-26)24(27-2)14-20(17)12-11-19-9-6-10-22(23(19)15-25)18-7-4-3-5-8-18/h3-14,16H,15H2,1-2H3/b12-11+. The van der Waals surface area contributed by atoms with Crippen molar-refractivity contribution in [3.8, 4) is 16.9 Å². The van der Waals surface area contributed by atoms with Crippen LogP contribution in [-0.4, -0.2) is 13.4 Å². The van der Waals surface area contributed by atoms with Crippen molar-refractivity contribution < 1.29 is 13.9 Å². The number of aryl methyl sites for hydroxylation is 1. The molecule has 0 spiro atoms. The number of methoxy groups -OCH3 is 1. The van der Waals surface area contributed by atoms with E-state index in [9.17, 15) is 9.18 Å². The summed E-state index contributed by atoms with van der Waals surface area (Å²) in [5.74, 6) is 0.527. The van der Waals surface area contributed by atoms with E-state index in [0.717, 1.165) is 34.1 Å². The molecule has 0 unspecified atom stereocenters. The number of carbonyl (C=O) groups is 1. The normalized spacial score (nSPS) is 10.9.